The zero-order chi connectivity index (χ0) is 30.5. The van der Waals surface area contributed by atoms with E-state index in [2.05, 4.69) is 20.4 Å². The first-order valence-electron chi connectivity index (χ1n) is 14.9. The summed E-state index contributed by atoms with van der Waals surface area (Å²) in [6, 6.07) is 26.8. The highest BCUT2D eigenvalue weighted by Gasteiger charge is 2.38. The van der Waals surface area contributed by atoms with Crippen molar-refractivity contribution in [3.63, 3.8) is 0 Å². The van der Waals surface area contributed by atoms with E-state index in [1.165, 1.54) is 0 Å². The van der Waals surface area contributed by atoms with E-state index in [0.29, 0.717) is 22.5 Å². The van der Waals surface area contributed by atoms with Crippen molar-refractivity contribution in [3.05, 3.63) is 118 Å². The van der Waals surface area contributed by atoms with Crippen LogP contribution in [0.4, 0.5) is 22.7 Å². The van der Waals surface area contributed by atoms with E-state index in [1.807, 2.05) is 84.9 Å². The number of para-hydroxylation sites is 2. The normalized spacial score (nSPS) is 23.0. The fourth-order valence-electron chi connectivity index (χ4n) is 6.78. The number of hydrogen-bond acceptors (Lipinski definition) is 8. The van der Waals surface area contributed by atoms with Crippen LogP contribution in [-0.4, -0.2) is 24.9 Å². The molecule has 4 aromatic rings. The zero-order valence-corrected chi connectivity index (χ0v) is 24.2. The van der Waals surface area contributed by atoms with E-state index in [0.717, 1.165) is 59.6 Å². The molecule has 8 rings (SSSR count). The lowest BCUT2D eigenvalue weighted by Gasteiger charge is -2.44. The van der Waals surface area contributed by atoms with Gasteiger partial charge >= 0.3 is 0 Å². The van der Waals surface area contributed by atoms with Crippen molar-refractivity contribution in [2.75, 3.05) is 34.4 Å². The summed E-state index contributed by atoms with van der Waals surface area (Å²) < 4.78 is 0. The van der Waals surface area contributed by atoms with Crippen LogP contribution < -0.4 is 43.4 Å². The standard InChI is InChI=1S/2C17H18N4O/c2*18-11-6-4-10(5-7-11)16-20-17(22)13-3-1-2-12-14(19)8-9-21(16)15(12)13/h2*1-7,14,16H,8-9,18-19H2,(H,20,22)/t2*14-,16-/m10/s1. The summed E-state index contributed by atoms with van der Waals surface area (Å²) in [6.07, 6.45) is 1.40. The summed E-state index contributed by atoms with van der Waals surface area (Å²) in [4.78, 5) is 29.4. The molecule has 10 N–H and O–H groups in total. The van der Waals surface area contributed by atoms with Crippen LogP contribution in [-0.2, 0) is 0 Å². The Morgan fingerprint density at radius 2 is 0.955 bits per heavy atom. The number of nitrogen functional groups attached to an aromatic ring is 2. The molecule has 0 aromatic heterocycles. The lowest BCUT2D eigenvalue weighted by Crippen LogP contribution is -2.49. The van der Waals surface area contributed by atoms with Crippen LogP contribution in [0.3, 0.4) is 0 Å². The van der Waals surface area contributed by atoms with Crippen LogP contribution in [0, 0.1) is 0 Å². The van der Waals surface area contributed by atoms with E-state index < -0.39 is 0 Å². The maximum absolute atomic E-state index is 12.5. The van der Waals surface area contributed by atoms with Crippen LogP contribution in [0.5, 0.6) is 0 Å². The van der Waals surface area contributed by atoms with Gasteiger partial charge in [0, 0.05) is 36.5 Å². The number of nitrogens with one attached hydrogen (secondary N) is 2. The van der Waals surface area contributed by atoms with Gasteiger partial charge in [-0.1, -0.05) is 48.5 Å². The summed E-state index contributed by atoms with van der Waals surface area (Å²) >= 11 is 0. The number of hydrogen-bond donors (Lipinski definition) is 6. The van der Waals surface area contributed by atoms with E-state index in [1.54, 1.807) is 0 Å². The van der Waals surface area contributed by atoms with Crippen molar-refractivity contribution in [1.82, 2.24) is 10.6 Å². The molecule has 4 heterocycles. The van der Waals surface area contributed by atoms with Gasteiger partial charge in [-0.25, -0.2) is 0 Å². The molecule has 224 valence electrons. The highest BCUT2D eigenvalue weighted by molar-refractivity contribution is 6.04. The molecule has 4 atom stereocenters. The van der Waals surface area contributed by atoms with Crippen molar-refractivity contribution in [2.24, 2.45) is 11.5 Å². The Labute approximate surface area is 256 Å². The third-order valence-corrected chi connectivity index (χ3v) is 9.02. The minimum absolute atomic E-state index is 0.0100. The smallest absolute Gasteiger partial charge is 0.255 e. The zero-order valence-electron chi connectivity index (χ0n) is 24.2. The summed E-state index contributed by atoms with van der Waals surface area (Å²) in [6.45, 7) is 1.64. The number of carbonyl (C=O) groups is 2. The van der Waals surface area contributed by atoms with E-state index in [4.69, 9.17) is 22.9 Å². The number of carbonyl (C=O) groups excluding carboxylic acids is 2. The fourth-order valence-corrected chi connectivity index (χ4v) is 6.78. The molecular weight excluding hydrogens is 552 g/mol. The molecule has 10 nitrogen and oxygen atoms in total. The molecule has 4 aliphatic rings. The second kappa shape index (κ2) is 10.9. The molecule has 0 fully saturated rings. The molecule has 2 amide bonds. The molecular formula is C34H36N8O2. The summed E-state index contributed by atoms with van der Waals surface area (Å²) in [5.74, 6) is -0.104. The van der Waals surface area contributed by atoms with E-state index in [-0.39, 0.29) is 36.2 Å². The largest absolute Gasteiger partial charge is 0.399 e. The van der Waals surface area contributed by atoms with Crippen LogP contribution in [0.25, 0.3) is 0 Å². The van der Waals surface area contributed by atoms with E-state index in [9.17, 15) is 9.59 Å². The Morgan fingerprint density at radius 1 is 0.568 bits per heavy atom. The van der Waals surface area contributed by atoms with Crippen molar-refractivity contribution in [1.29, 1.82) is 0 Å². The average molecular weight is 589 g/mol. The Kier molecular flexibility index (Phi) is 6.87. The maximum Gasteiger partial charge on any atom is 0.255 e. The second-order valence-corrected chi connectivity index (χ2v) is 11.7. The highest BCUT2D eigenvalue weighted by atomic mass is 16.2. The Bertz CT molecular complexity index is 1610. The fraction of sp³-hybridized carbons (Fsp3) is 0.235. The van der Waals surface area contributed by atoms with Crippen molar-refractivity contribution in [3.8, 4) is 0 Å². The van der Waals surface area contributed by atoms with Gasteiger partial charge in [0.1, 0.15) is 12.3 Å². The maximum atomic E-state index is 12.5. The van der Waals surface area contributed by atoms with Crippen LogP contribution in [0.1, 0.15) is 80.2 Å². The molecule has 0 saturated heterocycles. The number of nitrogens with zero attached hydrogens (tertiary/aromatic N) is 2. The molecule has 0 saturated carbocycles. The third-order valence-electron chi connectivity index (χ3n) is 9.02. The number of amides is 2. The molecule has 4 aromatic carbocycles. The summed E-state index contributed by atoms with van der Waals surface area (Å²) in [7, 11) is 0. The molecule has 10 heteroatoms. The Hall–Kier alpha value is -5.06. The topological polar surface area (TPSA) is 169 Å². The quantitative estimate of drug-likeness (QED) is 0.192. The van der Waals surface area contributed by atoms with Gasteiger partial charge in [-0.15, -0.1) is 0 Å². The van der Waals surface area contributed by atoms with Gasteiger partial charge in [0.25, 0.3) is 11.8 Å². The van der Waals surface area contributed by atoms with Crippen molar-refractivity contribution < 1.29 is 9.59 Å². The van der Waals surface area contributed by atoms with Gasteiger partial charge in [0.05, 0.1) is 22.5 Å². The van der Waals surface area contributed by atoms with Crippen LogP contribution >= 0.6 is 0 Å². The third kappa shape index (κ3) is 4.68. The van der Waals surface area contributed by atoms with Crippen molar-refractivity contribution >= 4 is 34.6 Å². The minimum atomic E-state index is -0.172. The molecule has 44 heavy (non-hydrogen) atoms. The second-order valence-electron chi connectivity index (χ2n) is 11.7. The molecule has 0 bridgehead atoms. The summed E-state index contributed by atoms with van der Waals surface area (Å²) in [5.41, 5.74) is 33.0. The molecule has 0 radical (unpaired) electrons. The minimum Gasteiger partial charge on any atom is -0.399 e. The summed E-state index contributed by atoms with van der Waals surface area (Å²) in [5, 5.41) is 6.18. The lowest BCUT2D eigenvalue weighted by molar-refractivity contribution is 0.0916. The predicted octanol–water partition coefficient (Wildman–Crippen LogP) is 3.84. The SMILES string of the molecule is Nc1ccc([C@@H]2NC(=O)c3cccc4c3N2CC[C@H]4N)cc1.Nc1ccc([C@H]2NC(=O)c3cccc4c3N2CC[C@@H]4N)cc1. The first-order valence-corrected chi connectivity index (χ1v) is 14.9. The first kappa shape index (κ1) is 27.8. The molecule has 0 spiro atoms. The first-order chi connectivity index (χ1) is 21.3. The average Bonchev–Trinajstić information content (AvgIpc) is 3.04. The van der Waals surface area contributed by atoms with Crippen LogP contribution in [0.2, 0.25) is 0 Å². The van der Waals surface area contributed by atoms with Gasteiger partial charge in [0.2, 0.25) is 0 Å². The number of rotatable bonds is 2. The molecule has 0 unspecified atom stereocenters. The Balaban J connectivity index is 0.000000142. The van der Waals surface area contributed by atoms with Gasteiger partial charge in [-0.2, -0.15) is 0 Å². The highest BCUT2D eigenvalue weighted by Crippen LogP contribution is 2.43. The Morgan fingerprint density at radius 3 is 1.34 bits per heavy atom. The van der Waals surface area contributed by atoms with Gasteiger partial charge in [0.15, 0.2) is 0 Å². The van der Waals surface area contributed by atoms with Gasteiger partial charge in [-0.3, -0.25) is 9.59 Å². The number of benzene rings is 4. The van der Waals surface area contributed by atoms with Gasteiger partial charge < -0.3 is 43.4 Å². The number of anilines is 4. The van der Waals surface area contributed by atoms with Crippen LogP contribution in [0.15, 0.2) is 84.9 Å². The molecule has 0 aliphatic carbocycles. The number of nitrogens with two attached hydrogens (primary N) is 4. The van der Waals surface area contributed by atoms with E-state index >= 15 is 0 Å². The van der Waals surface area contributed by atoms with Gasteiger partial charge in [-0.05, 0) is 71.5 Å². The monoisotopic (exact) mass is 588 g/mol. The molecule has 4 aliphatic heterocycles. The van der Waals surface area contributed by atoms with Crippen molar-refractivity contribution in [2.45, 2.75) is 37.3 Å². The predicted molar refractivity (Wildman–Crippen MR) is 173 cm³/mol. The lowest BCUT2D eigenvalue weighted by atomic mass is 9.90.